The molecule has 0 saturated heterocycles. The molecule has 0 aromatic heterocycles. The zero-order chi connectivity index (χ0) is 12.5. The number of nitrogens with zero attached hydrogens (tertiary/aromatic N) is 1. The molecule has 2 aliphatic carbocycles. The predicted octanol–water partition coefficient (Wildman–Crippen LogP) is 2.27. The molecule has 0 bridgehead atoms. The van der Waals surface area contributed by atoms with Crippen LogP contribution < -0.4 is 11.2 Å². The first-order chi connectivity index (χ1) is 8.18. The molecule has 0 aromatic rings. The third kappa shape index (κ3) is 7.15. The van der Waals surface area contributed by atoms with Gasteiger partial charge in [0.25, 0.3) is 0 Å². The minimum Gasteiger partial charge on any atom is -0.328 e. The molecule has 0 radical (unpaired) electrons. The Labute approximate surface area is 103 Å². The maximum Gasteiger partial charge on any atom is 0.354 e. The highest BCUT2D eigenvalue weighted by Gasteiger charge is 2.18. The first kappa shape index (κ1) is 14.2. The molecule has 0 heterocycles. The number of nitrogens with two attached hydrogens (primary N) is 1. The Morgan fingerprint density at radius 1 is 0.941 bits per heavy atom. The van der Waals surface area contributed by atoms with Crippen LogP contribution in [0.5, 0.6) is 0 Å². The highest BCUT2D eigenvalue weighted by atomic mass is 16.7. The molecule has 2 aliphatic rings. The van der Waals surface area contributed by atoms with Gasteiger partial charge in [-0.3, -0.25) is 0 Å². The van der Waals surface area contributed by atoms with Crippen molar-refractivity contribution in [3.8, 4) is 0 Å². The summed E-state index contributed by atoms with van der Waals surface area (Å²) < 4.78 is 0. The second-order valence-corrected chi connectivity index (χ2v) is 5.14. The summed E-state index contributed by atoms with van der Waals surface area (Å²) in [5.41, 5.74) is 8.05. The summed E-state index contributed by atoms with van der Waals surface area (Å²) in [6.45, 7) is 0. The highest BCUT2D eigenvalue weighted by molar-refractivity contribution is 4.67. The van der Waals surface area contributed by atoms with E-state index in [9.17, 15) is 4.91 Å². The van der Waals surface area contributed by atoms with E-state index < -0.39 is 0 Å². The van der Waals surface area contributed by atoms with Gasteiger partial charge in [-0.1, -0.05) is 44.0 Å². The van der Waals surface area contributed by atoms with Crippen molar-refractivity contribution in [3.05, 3.63) is 4.91 Å². The van der Waals surface area contributed by atoms with E-state index in [1.807, 2.05) is 0 Å². The molecule has 0 spiro atoms. The molecule has 2 saturated carbocycles. The first-order valence-electron chi connectivity index (χ1n) is 6.86. The predicted molar refractivity (Wildman–Crippen MR) is 66.5 cm³/mol. The van der Waals surface area contributed by atoms with E-state index in [0.717, 1.165) is 25.7 Å². The number of hydrogen-bond donors (Lipinski definition) is 3. The Morgan fingerprint density at radius 3 is 1.76 bits per heavy atom. The molecule has 100 valence electrons. The van der Waals surface area contributed by atoms with E-state index in [4.69, 9.17) is 10.9 Å². The van der Waals surface area contributed by atoms with Gasteiger partial charge in [0.05, 0.1) is 6.04 Å². The van der Waals surface area contributed by atoms with Gasteiger partial charge in [0.2, 0.25) is 0 Å². The molecule has 0 amide bonds. The van der Waals surface area contributed by atoms with Crippen LogP contribution in [0.4, 0.5) is 0 Å². The van der Waals surface area contributed by atoms with E-state index >= 15 is 0 Å². The Hall–Kier alpha value is -0.840. The van der Waals surface area contributed by atoms with Crippen molar-refractivity contribution < 1.29 is 10.2 Å². The Morgan fingerprint density at radius 2 is 1.41 bits per heavy atom. The lowest BCUT2D eigenvalue weighted by Gasteiger charge is -2.16. The summed E-state index contributed by atoms with van der Waals surface area (Å²) in [5, 5.41) is 8.09. The summed E-state index contributed by atoms with van der Waals surface area (Å²) in [7, 11) is 0. The fourth-order valence-corrected chi connectivity index (χ4v) is 2.52. The number of hydrazine groups is 1. The SMILES string of the molecule is NC1CCCCC1.O=[N+](O)NC1CCCCC1. The van der Waals surface area contributed by atoms with E-state index in [2.05, 4.69) is 5.43 Å². The van der Waals surface area contributed by atoms with Gasteiger partial charge in [0.15, 0.2) is 0 Å². The van der Waals surface area contributed by atoms with Gasteiger partial charge >= 0.3 is 5.03 Å². The van der Waals surface area contributed by atoms with Gasteiger partial charge in [0.1, 0.15) is 4.91 Å². The van der Waals surface area contributed by atoms with Crippen LogP contribution in [0, 0.1) is 4.91 Å². The van der Waals surface area contributed by atoms with Crippen LogP contribution in [-0.2, 0) is 0 Å². The molecule has 0 aromatic carbocycles. The zero-order valence-corrected chi connectivity index (χ0v) is 10.6. The van der Waals surface area contributed by atoms with Crippen molar-refractivity contribution in [2.24, 2.45) is 5.73 Å². The fraction of sp³-hybridized carbons (Fsp3) is 1.00. The summed E-state index contributed by atoms with van der Waals surface area (Å²) in [4.78, 5) is 10.1. The molecule has 0 unspecified atom stereocenters. The van der Waals surface area contributed by atoms with Crippen molar-refractivity contribution in [1.82, 2.24) is 5.43 Å². The fourth-order valence-electron chi connectivity index (χ4n) is 2.52. The lowest BCUT2D eigenvalue weighted by atomic mass is 9.96. The van der Waals surface area contributed by atoms with Gasteiger partial charge in [-0.2, -0.15) is 0 Å². The Balaban J connectivity index is 0.000000181. The molecule has 0 aliphatic heterocycles. The van der Waals surface area contributed by atoms with Crippen molar-refractivity contribution in [2.75, 3.05) is 0 Å². The van der Waals surface area contributed by atoms with Crippen LogP contribution >= 0.6 is 0 Å². The van der Waals surface area contributed by atoms with Crippen molar-refractivity contribution in [2.45, 2.75) is 76.3 Å². The topological polar surface area (TPSA) is 78.4 Å². The summed E-state index contributed by atoms with van der Waals surface area (Å²) in [6.07, 6.45) is 12.2. The highest BCUT2D eigenvalue weighted by Crippen LogP contribution is 2.16. The van der Waals surface area contributed by atoms with Crippen LogP contribution in [0.2, 0.25) is 0 Å². The molecular weight excluding hydrogens is 218 g/mol. The average molecular weight is 244 g/mol. The molecule has 5 heteroatoms. The number of rotatable bonds is 2. The average Bonchev–Trinajstić information content (AvgIpc) is 2.31. The molecule has 2 rings (SSSR count). The molecule has 2 fully saturated rings. The minimum atomic E-state index is -0.185. The molecule has 4 N–H and O–H groups in total. The van der Waals surface area contributed by atoms with Crippen molar-refractivity contribution in [3.63, 3.8) is 0 Å². The van der Waals surface area contributed by atoms with Gasteiger partial charge in [-0.05, 0) is 25.7 Å². The summed E-state index contributed by atoms with van der Waals surface area (Å²) in [6, 6.07) is 0.727. The van der Waals surface area contributed by atoms with Crippen molar-refractivity contribution >= 4 is 0 Å². The van der Waals surface area contributed by atoms with E-state index in [1.54, 1.807) is 0 Å². The molecule has 17 heavy (non-hydrogen) atoms. The van der Waals surface area contributed by atoms with Crippen LogP contribution in [0.1, 0.15) is 64.2 Å². The van der Waals surface area contributed by atoms with Crippen LogP contribution in [0.15, 0.2) is 0 Å². The number of hydrogen-bond acceptors (Lipinski definition) is 2. The molecular formula is C12H26N3O2+. The third-order valence-electron chi connectivity index (χ3n) is 3.55. The monoisotopic (exact) mass is 244 g/mol. The smallest absolute Gasteiger partial charge is 0.328 e. The molecule has 5 nitrogen and oxygen atoms in total. The summed E-state index contributed by atoms with van der Waals surface area (Å²) in [5.74, 6) is 0. The normalized spacial score (nSPS) is 22.4. The van der Waals surface area contributed by atoms with Gasteiger partial charge in [-0.25, -0.2) is 5.21 Å². The lowest BCUT2D eigenvalue weighted by molar-refractivity contribution is -0.836. The van der Waals surface area contributed by atoms with E-state index in [0.29, 0.717) is 6.04 Å². The maximum absolute atomic E-state index is 10.1. The van der Waals surface area contributed by atoms with E-state index in [1.165, 1.54) is 38.5 Å². The Bertz CT molecular complexity index is 212. The zero-order valence-electron chi connectivity index (χ0n) is 10.6. The molecule has 0 atom stereocenters. The lowest BCUT2D eigenvalue weighted by Crippen LogP contribution is -2.36. The van der Waals surface area contributed by atoms with Gasteiger partial charge in [-0.15, -0.1) is 0 Å². The van der Waals surface area contributed by atoms with Gasteiger partial charge in [0, 0.05) is 6.04 Å². The summed E-state index contributed by atoms with van der Waals surface area (Å²) >= 11 is 0. The first-order valence-corrected chi connectivity index (χ1v) is 6.86. The maximum atomic E-state index is 10.1. The van der Waals surface area contributed by atoms with Crippen LogP contribution in [0.3, 0.4) is 0 Å². The van der Waals surface area contributed by atoms with Crippen molar-refractivity contribution in [1.29, 1.82) is 0 Å². The Kier molecular flexibility index (Phi) is 6.93. The van der Waals surface area contributed by atoms with Gasteiger partial charge < -0.3 is 5.73 Å². The second-order valence-electron chi connectivity index (χ2n) is 5.14. The van der Waals surface area contributed by atoms with Crippen LogP contribution in [0.25, 0.3) is 0 Å². The second kappa shape index (κ2) is 8.28. The largest absolute Gasteiger partial charge is 0.354 e. The van der Waals surface area contributed by atoms with Crippen LogP contribution in [-0.4, -0.2) is 22.3 Å². The number of nitrogens with one attached hydrogen (secondary N) is 1. The minimum absolute atomic E-state index is 0.185. The van der Waals surface area contributed by atoms with E-state index in [-0.39, 0.29) is 11.1 Å². The third-order valence-corrected chi connectivity index (χ3v) is 3.55. The quantitative estimate of drug-likeness (QED) is 0.651. The standard InChI is InChI=1S/C6H13N2O2.C6H13N/c9-8(10)7-6-4-2-1-3-5-6;7-6-4-2-1-3-5-6/h6-7H,1-5H2,(H,9,10);6H,1-5,7H2/q+1;.